The first kappa shape index (κ1) is 16.3. The Kier molecular flexibility index (Phi) is 3.95. The summed E-state index contributed by atoms with van der Waals surface area (Å²) in [5, 5.41) is 8.38. The number of benzene rings is 2. The second-order valence-electron chi connectivity index (χ2n) is 6.68. The van der Waals surface area contributed by atoms with Gasteiger partial charge in [0, 0.05) is 17.9 Å². The number of nitrogens with two attached hydrogens (primary N) is 1. The molecule has 0 fully saturated rings. The van der Waals surface area contributed by atoms with Crippen LogP contribution >= 0.6 is 0 Å². The van der Waals surface area contributed by atoms with E-state index in [9.17, 15) is 4.79 Å². The molecule has 0 radical (unpaired) electrons. The molecule has 1 aliphatic rings. The van der Waals surface area contributed by atoms with E-state index < -0.39 is 0 Å². The molecule has 0 spiro atoms. The number of rotatable bonds is 2. The van der Waals surface area contributed by atoms with Gasteiger partial charge >= 0.3 is 0 Å². The lowest BCUT2D eigenvalue weighted by Gasteiger charge is -2.29. The Hall–Kier alpha value is -3.15. The summed E-state index contributed by atoms with van der Waals surface area (Å²) >= 11 is 0. The molecular formula is C20H21N5O. The van der Waals surface area contributed by atoms with Crippen molar-refractivity contribution in [3.63, 3.8) is 0 Å². The lowest BCUT2D eigenvalue weighted by Crippen LogP contribution is -2.36. The molecule has 1 aliphatic heterocycles. The summed E-state index contributed by atoms with van der Waals surface area (Å²) in [6.45, 7) is 4.57. The van der Waals surface area contributed by atoms with E-state index in [2.05, 4.69) is 10.3 Å². The van der Waals surface area contributed by atoms with Gasteiger partial charge in [0.15, 0.2) is 5.69 Å². The van der Waals surface area contributed by atoms with Crippen molar-refractivity contribution >= 4 is 17.3 Å². The van der Waals surface area contributed by atoms with Crippen LogP contribution in [0.5, 0.6) is 0 Å². The molecule has 0 unspecified atom stereocenters. The van der Waals surface area contributed by atoms with Crippen LogP contribution < -0.4 is 10.6 Å². The Morgan fingerprint density at radius 3 is 2.65 bits per heavy atom. The highest BCUT2D eigenvalue weighted by molar-refractivity contribution is 6.06. The summed E-state index contributed by atoms with van der Waals surface area (Å²) in [5.41, 5.74) is 11.9. The number of hydrogen-bond donors (Lipinski definition) is 1. The van der Waals surface area contributed by atoms with Crippen molar-refractivity contribution in [3.05, 3.63) is 65.0 Å². The molecule has 6 nitrogen and oxygen atoms in total. The molecule has 1 amide bonds. The molecule has 0 saturated heterocycles. The van der Waals surface area contributed by atoms with Crippen LogP contribution in [0.25, 0.3) is 5.69 Å². The van der Waals surface area contributed by atoms with Crippen molar-refractivity contribution < 1.29 is 4.79 Å². The SMILES string of the molecule is Cc1ccc(-n2nnc(C(=O)N3CCCc4c(N)cccc43)c2C)cc1. The van der Waals surface area contributed by atoms with Crippen LogP contribution in [0.15, 0.2) is 42.5 Å². The number of carbonyl (C=O) groups is 1. The predicted octanol–water partition coefficient (Wildman–Crippen LogP) is 3.06. The average molecular weight is 347 g/mol. The number of aryl methyl sites for hydroxylation is 1. The number of carbonyl (C=O) groups excluding carboxylic acids is 1. The molecule has 6 heteroatoms. The third kappa shape index (κ3) is 2.63. The van der Waals surface area contributed by atoms with E-state index in [4.69, 9.17) is 5.73 Å². The van der Waals surface area contributed by atoms with Gasteiger partial charge in [0.25, 0.3) is 5.91 Å². The fourth-order valence-corrected chi connectivity index (χ4v) is 3.45. The monoisotopic (exact) mass is 347 g/mol. The molecule has 2 aromatic carbocycles. The standard InChI is InChI=1S/C20H21N5O/c1-13-8-10-15(11-9-13)25-14(2)19(22-23-25)20(26)24-12-4-5-16-17(21)6-3-7-18(16)24/h3,6-11H,4-5,12,21H2,1-2H3. The van der Waals surface area contributed by atoms with Crippen LogP contribution in [0.1, 0.15) is 33.7 Å². The molecule has 2 N–H and O–H groups in total. The fourth-order valence-electron chi connectivity index (χ4n) is 3.45. The Labute approximate surface area is 152 Å². The quantitative estimate of drug-likeness (QED) is 0.723. The third-order valence-electron chi connectivity index (χ3n) is 4.91. The van der Waals surface area contributed by atoms with Gasteiger partial charge in [-0.3, -0.25) is 4.79 Å². The first-order valence-corrected chi connectivity index (χ1v) is 8.75. The lowest BCUT2D eigenvalue weighted by atomic mass is 9.99. The van der Waals surface area contributed by atoms with Gasteiger partial charge in [0.2, 0.25) is 0 Å². The maximum Gasteiger partial charge on any atom is 0.280 e. The van der Waals surface area contributed by atoms with Gasteiger partial charge in [-0.25, -0.2) is 4.68 Å². The van der Waals surface area contributed by atoms with Crippen molar-refractivity contribution in [3.8, 4) is 5.69 Å². The van der Waals surface area contributed by atoms with E-state index in [-0.39, 0.29) is 5.91 Å². The minimum atomic E-state index is -0.132. The number of anilines is 2. The van der Waals surface area contributed by atoms with Crippen molar-refractivity contribution in [1.82, 2.24) is 15.0 Å². The molecule has 3 aromatic rings. The predicted molar refractivity (Wildman–Crippen MR) is 102 cm³/mol. The van der Waals surface area contributed by atoms with E-state index in [1.165, 1.54) is 5.56 Å². The summed E-state index contributed by atoms with van der Waals surface area (Å²) < 4.78 is 1.71. The zero-order valence-corrected chi connectivity index (χ0v) is 14.9. The number of hydrogen-bond acceptors (Lipinski definition) is 4. The summed E-state index contributed by atoms with van der Waals surface area (Å²) in [5.74, 6) is -0.132. The van der Waals surface area contributed by atoms with Crippen molar-refractivity contribution in [1.29, 1.82) is 0 Å². The maximum absolute atomic E-state index is 13.2. The number of fused-ring (bicyclic) bond motifs is 1. The van der Waals surface area contributed by atoms with E-state index in [1.807, 2.05) is 56.3 Å². The lowest BCUT2D eigenvalue weighted by molar-refractivity contribution is 0.0979. The average Bonchev–Trinajstić information content (AvgIpc) is 3.03. The fraction of sp³-hybridized carbons (Fsp3) is 0.250. The summed E-state index contributed by atoms with van der Waals surface area (Å²) in [6, 6.07) is 13.7. The molecule has 0 saturated carbocycles. The van der Waals surface area contributed by atoms with Crippen LogP contribution in [0.4, 0.5) is 11.4 Å². The minimum Gasteiger partial charge on any atom is -0.398 e. The summed E-state index contributed by atoms with van der Waals surface area (Å²) in [4.78, 5) is 14.9. The zero-order chi connectivity index (χ0) is 18.3. The third-order valence-corrected chi connectivity index (χ3v) is 4.91. The molecule has 2 heterocycles. The molecule has 132 valence electrons. The molecule has 4 rings (SSSR count). The molecule has 0 atom stereocenters. The van der Waals surface area contributed by atoms with Crippen molar-refractivity contribution in [2.75, 3.05) is 17.2 Å². The van der Waals surface area contributed by atoms with Crippen molar-refractivity contribution in [2.24, 2.45) is 0 Å². The van der Waals surface area contributed by atoms with Gasteiger partial charge < -0.3 is 10.6 Å². The largest absolute Gasteiger partial charge is 0.398 e. The van der Waals surface area contributed by atoms with E-state index in [0.717, 1.165) is 41.2 Å². The maximum atomic E-state index is 13.2. The number of aromatic nitrogens is 3. The summed E-state index contributed by atoms with van der Waals surface area (Å²) in [7, 11) is 0. The molecule has 0 bridgehead atoms. The van der Waals surface area contributed by atoms with E-state index in [0.29, 0.717) is 12.2 Å². The Balaban J connectivity index is 1.71. The number of nitrogen functional groups attached to an aromatic ring is 1. The minimum absolute atomic E-state index is 0.132. The molecular weight excluding hydrogens is 326 g/mol. The van der Waals surface area contributed by atoms with Gasteiger partial charge in [-0.15, -0.1) is 5.10 Å². The topological polar surface area (TPSA) is 77.0 Å². The van der Waals surface area contributed by atoms with Crippen LogP contribution in [-0.4, -0.2) is 27.4 Å². The molecule has 1 aromatic heterocycles. The highest BCUT2D eigenvalue weighted by Crippen LogP contribution is 2.32. The van der Waals surface area contributed by atoms with Gasteiger partial charge in [0.05, 0.1) is 11.4 Å². The first-order chi connectivity index (χ1) is 12.6. The van der Waals surface area contributed by atoms with E-state index in [1.54, 1.807) is 9.58 Å². The van der Waals surface area contributed by atoms with Crippen LogP contribution in [0.2, 0.25) is 0 Å². The van der Waals surface area contributed by atoms with Crippen LogP contribution in [0.3, 0.4) is 0 Å². The van der Waals surface area contributed by atoms with E-state index >= 15 is 0 Å². The zero-order valence-electron chi connectivity index (χ0n) is 14.9. The smallest absolute Gasteiger partial charge is 0.280 e. The van der Waals surface area contributed by atoms with Gasteiger partial charge in [0.1, 0.15) is 0 Å². The van der Waals surface area contributed by atoms with Gasteiger partial charge in [-0.1, -0.05) is 29.0 Å². The molecule has 26 heavy (non-hydrogen) atoms. The Morgan fingerprint density at radius 1 is 1.12 bits per heavy atom. The highest BCUT2D eigenvalue weighted by Gasteiger charge is 2.28. The highest BCUT2D eigenvalue weighted by atomic mass is 16.2. The van der Waals surface area contributed by atoms with Crippen LogP contribution in [0, 0.1) is 13.8 Å². The Bertz CT molecular complexity index is 974. The van der Waals surface area contributed by atoms with Crippen LogP contribution in [-0.2, 0) is 6.42 Å². The first-order valence-electron chi connectivity index (χ1n) is 8.75. The second kappa shape index (κ2) is 6.29. The second-order valence-corrected chi connectivity index (χ2v) is 6.68. The van der Waals surface area contributed by atoms with Crippen molar-refractivity contribution in [2.45, 2.75) is 26.7 Å². The normalized spacial score (nSPS) is 13.5. The van der Waals surface area contributed by atoms with Gasteiger partial charge in [-0.05, 0) is 56.5 Å². The van der Waals surface area contributed by atoms with Gasteiger partial charge in [-0.2, -0.15) is 0 Å². The molecule has 0 aliphatic carbocycles. The number of amides is 1. The Morgan fingerprint density at radius 2 is 1.88 bits per heavy atom. The summed E-state index contributed by atoms with van der Waals surface area (Å²) in [6.07, 6.45) is 1.78. The number of nitrogens with zero attached hydrogens (tertiary/aromatic N) is 4.